The van der Waals surface area contributed by atoms with E-state index in [1.54, 1.807) is 0 Å². The molecule has 1 saturated heterocycles. The quantitative estimate of drug-likeness (QED) is 0.0167. The minimum absolute atomic E-state index is 0.0184. The molecule has 1 aromatic heterocycles. The van der Waals surface area contributed by atoms with Crippen LogP contribution in [-0.2, 0) is 46.3 Å². The van der Waals surface area contributed by atoms with Crippen molar-refractivity contribution < 1.29 is 76.5 Å². The van der Waals surface area contributed by atoms with Gasteiger partial charge in [0.05, 0.1) is 25.4 Å². The van der Waals surface area contributed by atoms with Crippen LogP contribution in [0.1, 0.15) is 162 Å². The highest BCUT2D eigenvalue weighted by molar-refractivity contribution is 7.61. The van der Waals surface area contributed by atoms with E-state index in [2.05, 4.69) is 30.1 Å². The van der Waals surface area contributed by atoms with Gasteiger partial charge < -0.3 is 50.2 Å². The zero-order valence-electron chi connectivity index (χ0n) is 38.4. The molecule has 2 heterocycles. The van der Waals surface area contributed by atoms with Crippen LogP contribution < -0.4 is 11.4 Å². The first-order chi connectivity index (χ1) is 30.9. The summed E-state index contributed by atoms with van der Waals surface area (Å²) in [6.07, 6.45) is 12.2. The van der Waals surface area contributed by atoms with Crippen molar-refractivity contribution in [3.63, 3.8) is 0 Å². The summed E-state index contributed by atoms with van der Waals surface area (Å²) in [5, 5.41) is 41.3. The van der Waals surface area contributed by atoms with Crippen LogP contribution in [0.4, 0.5) is 5.82 Å². The molecule has 0 aliphatic carbocycles. The number of aromatic nitrogens is 2. The van der Waals surface area contributed by atoms with Gasteiger partial charge in [-0.3, -0.25) is 23.2 Å². The van der Waals surface area contributed by atoms with Crippen molar-refractivity contribution in [1.82, 2.24) is 9.55 Å². The molecular formula is C43H77N3O17P2. The van der Waals surface area contributed by atoms with E-state index in [4.69, 9.17) is 29.0 Å². The van der Waals surface area contributed by atoms with Crippen molar-refractivity contribution in [1.29, 1.82) is 0 Å². The molecule has 22 heteroatoms. The molecular weight excluding hydrogens is 892 g/mol. The van der Waals surface area contributed by atoms with Gasteiger partial charge >= 0.3 is 33.3 Å². The number of nitrogen functional groups attached to an aromatic ring is 1. The van der Waals surface area contributed by atoms with Crippen molar-refractivity contribution in [3.8, 4) is 0 Å². The number of anilines is 1. The largest absolute Gasteiger partial charge is 0.481 e. The Morgan fingerprint density at radius 2 is 1.45 bits per heavy atom. The topological polar surface area (TPSA) is 306 Å². The van der Waals surface area contributed by atoms with Crippen LogP contribution in [-0.4, -0.2) is 108 Å². The number of nitrogens with two attached hydrogens (primary N) is 1. The highest BCUT2D eigenvalue weighted by atomic mass is 31.3. The molecule has 10 atom stereocenters. The van der Waals surface area contributed by atoms with E-state index in [1.807, 2.05) is 12.2 Å². The molecule has 65 heavy (non-hydrogen) atoms. The molecule has 3 unspecified atom stereocenters. The lowest BCUT2D eigenvalue weighted by molar-refractivity contribution is -0.161. The lowest BCUT2D eigenvalue weighted by Crippen LogP contribution is -2.36. The second-order valence-electron chi connectivity index (χ2n) is 16.8. The van der Waals surface area contributed by atoms with E-state index in [0.717, 1.165) is 87.8 Å². The summed E-state index contributed by atoms with van der Waals surface area (Å²) >= 11 is 0. The SMILES string of the molecule is CCCCC/C=C\C[C@@H](O)[C@H](O)CCCCCCCC(=O)OC[C@H](COP(=O)(O)OP(=O)(O)OC[C@H]1O[C@@H](n2ccc(N)nc2=O)[C@H](O)[C@@H]1O)OC(=O)CCCCCCCCC(C)CC. The van der Waals surface area contributed by atoms with Crippen molar-refractivity contribution in [2.75, 3.05) is 25.6 Å². The van der Waals surface area contributed by atoms with Gasteiger partial charge in [0.25, 0.3) is 0 Å². The van der Waals surface area contributed by atoms with E-state index in [-0.39, 0.29) is 18.7 Å². The number of rotatable bonds is 37. The van der Waals surface area contributed by atoms with Gasteiger partial charge in [-0.2, -0.15) is 9.29 Å². The summed E-state index contributed by atoms with van der Waals surface area (Å²) in [6.45, 7) is 4.14. The molecule has 0 bridgehead atoms. The monoisotopic (exact) mass is 969 g/mol. The third-order valence-corrected chi connectivity index (χ3v) is 13.7. The molecule has 1 aliphatic rings. The molecule has 1 fully saturated rings. The fourth-order valence-corrected chi connectivity index (χ4v) is 9.01. The van der Waals surface area contributed by atoms with Crippen molar-refractivity contribution >= 4 is 33.4 Å². The van der Waals surface area contributed by atoms with Gasteiger partial charge in [-0.25, -0.2) is 13.9 Å². The molecule has 1 aromatic rings. The molecule has 1 aliphatic heterocycles. The number of ether oxygens (including phenoxy) is 3. The molecule has 0 aromatic carbocycles. The minimum Gasteiger partial charge on any atom is -0.462 e. The highest BCUT2D eigenvalue weighted by Gasteiger charge is 2.46. The number of carbonyl (C=O) groups is 2. The Labute approximate surface area is 383 Å². The Hall–Kier alpha value is -2.58. The van der Waals surface area contributed by atoms with E-state index in [9.17, 15) is 53.7 Å². The average molecular weight is 970 g/mol. The number of phosphoric acid groups is 2. The van der Waals surface area contributed by atoms with Crippen LogP contribution in [0.15, 0.2) is 29.2 Å². The second-order valence-corrected chi connectivity index (χ2v) is 19.9. The molecule has 0 saturated carbocycles. The van der Waals surface area contributed by atoms with Crippen LogP contribution in [0.25, 0.3) is 0 Å². The Morgan fingerprint density at radius 1 is 0.831 bits per heavy atom. The fraction of sp³-hybridized carbons (Fsp3) is 0.814. The normalized spacial score (nSPS) is 21.4. The van der Waals surface area contributed by atoms with Crippen LogP contribution in [0.5, 0.6) is 0 Å². The van der Waals surface area contributed by atoms with Gasteiger partial charge in [0.1, 0.15) is 30.7 Å². The van der Waals surface area contributed by atoms with Gasteiger partial charge in [-0.1, -0.05) is 116 Å². The van der Waals surface area contributed by atoms with Gasteiger partial charge in [0.15, 0.2) is 12.3 Å². The Bertz CT molecular complexity index is 1690. The van der Waals surface area contributed by atoms with Crippen LogP contribution in [0, 0.1) is 5.92 Å². The maximum Gasteiger partial charge on any atom is 0.481 e. The predicted molar refractivity (Wildman–Crippen MR) is 241 cm³/mol. The summed E-state index contributed by atoms with van der Waals surface area (Å²) in [5.41, 5.74) is 4.56. The molecule has 20 nitrogen and oxygen atoms in total. The minimum atomic E-state index is -5.44. The smallest absolute Gasteiger partial charge is 0.462 e. The van der Waals surface area contributed by atoms with E-state index < -0.39 is 95.9 Å². The summed E-state index contributed by atoms with van der Waals surface area (Å²) < 4.78 is 56.4. The lowest BCUT2D eigenvalue weighted by atomic mass is 10.00. The first-order valence-corrected chi connectivity index (χ1v) is 26.3. The molecule has 0 amide bonds. The first kappa shape index (κ1) is 58.5. The lowest BCUT2D eigenvalue weighted by Gasteiger charge is -2.21. The standard InChI is InChI=1S/C43H77N3O17P2/c1-4-6-7-8-13-18-23-34(47)35(48)24-19-14-11-16-20-25-38(49)58-29-33(61-39(50)26-21-15-10-9-12-17-22-32(3)5-2)30-59-64(54,55)63-65(56,57)60-31-36-40(51)41(52)42(62-36)46-28-27-37(44)45-43(46)53/h13,18,27-28,32-36,40-42,47-48,51-52H,4-12,14-17,19-26,29-31H2,1-3H3,(H,54,55)(H,56,57)(H2,44,45,53)/b18-13-/t32?,33-,34-,35-,36-,40-,41-,42-/m1/s1. The van der Waals surface area contributed by atoms with Crippen molar-refractivity contribution in [2.45, 2.75) is 198 Å². The summed E-state index contributed by atoms with van der Waals surface area (Å²) in [6, 6.07) is 1.24. The number of hydrogen-bond donors (Lipinski definition) is 7. The predicted octanol–water partition coefficient (Wildman–Crippen LogP) is 6.30. The zero-order valence-corrected chi connectivity index (χ0v) is 40.2. The van der Waals surface area contributed by atoms with E-state index in [1.165, 1.54) is 12.5 Å². The van der Waals surface area contributed by atoms with Gasteiger partial charge in [-0.15, -0.1) is 0 Å². The fourth-order valence-electron chi connectivity index (χ4n) is 6.90. The average Bonchev–Trinajstić information content (AvgIpc) is 3.53. The Balaban J connectivity index is 1.85. The third kappa shape index (κ3) is 25.4. The number of allylic oxidation sites excluding steroid dienone is 1. The first-order valence-electron chi connectivity index (χ1n) is 23.3. The number of carbonyl (C=O) groups excluding carboxylic acids is 2. The van der Waals surface area contributed by atoms with Gasteiger partial charge in [0.2, 0.25) is 0 Å². The number of phosphoric ester groups is 2. The highest BCUT2D eigenvalue weighted by Crippen LogP contribution is 2.60. The van der Waals surface area contributed by atoms with E-state index in [0.29, 0.717) is 44.4 Å². The summed E-state index contributed by atoms with van der Waals surface area (Å²) in [5.74, 6) is -0.722. The second kappa shape index (κ2) is 32.2. The maximum atomic E-state index is 12.8. The number of aliphatic hydroxyl groups is 4. The van der Waals surface area contributed by atoms with Crippen LogP contribution >= 0.6 is 15.6 Å². The van der Waals surface area contributed by atoms with Gasteiger partial charge in [0, 0.05) is 19.0 Å². The van der Waals surface area contributed by atoms with Crippen LogP contribution in [0.2, 0.25) is 0 Å². The molecule has 8 N–H and O–H groups in total. The van der Waals surface area contributed by atoms with Crippen molar-refractivity contribution in [2.24, 2.45) is 5.92 Å². The molecule has 2 rings (SSSR count). The third-order valence-electron chi connectivity index (χ3n) is 11.1. The zero-order chi connectivity index (χ0) is 48.3. The number of nitrogens with zero attached hydrogens (tertiary/aromatic N) is 2. The van der Waals surface area contributed by atoms with Gasteiger partial charge in [-0.05, 0) is 50.5 Å². The number of aliphatic hydroxyl groups excluding tert-OH is 4. The summed E-state index contributed by atoms with van der Waals surface area (Å²) in [4.78, 5) is 61.6. The van der Waals surface area contributed by atoms with E-state index >= 15 is 0 Å². The number of hydrogen-bond acceptors (Lipinski definition) is 17. The molecule has 0 spiro atoms. The Morgan fingerprint density at radius 3 is 2.09 bits per heavy atom. The van der Waals surface area contributed by atoms with Crippen LogP contribution in [0.3, 0.4) is 0 Å². The summed E-state index contributed by atoms with van der Waals surface area (Å²) in [7, 11) is -10.9. The number of unbranched alkanes of at least 4 members (excludes halogenated alkanes) is 12. The molecule has 376 valence electrons. The Kier molecular flexibility index (Phi) is 29.0. The molecule has 0 radical (unpaired) electrons. The van der Waals surface area contributed by atoms with Crippen molar-refractivity contribution in [3.05, 3.63) is 34.9 Å². The maximum absolute atomic E-state index is 12.8. The number of esters is 2.